The molecule has 0 aliphatic heterocycles. The summed E-state index contributed by atoms with van der Waals surface area (Å²) in [6.45, 7) is 2.20. The molecule has 17 heavy (non-hydrogen) atoms. The van der Waals surface area contributed by atoms with E-state index in [4.69, 9.17) is 22.1 Å². The van der Waals surface area contributed by atoms with Crippen LogP contribution in [0.4, 0.5) is 8.78 Å². The van der Waals surface area contributed by atoms with Gasteiger partial charge >= 0.3 is 0 Å². The van der Waals surface area contributed by atoms with Gasteiger partial charge in [-0.05, 0) is 13.3 Å². The lowest BCUT2D eigenvalue weighted by Gasteiger charge is -2.14. The normalized spacial score (nSPS) is 13.3. The van der Waals surface area contributed by atoms with Crippen molar-refractivity contribution in [3.05, 3.63) is 16.9 Å². The summed E-state index contributed by atoms with van der Waals surface area (Å²) < 4.78 is 30.1. The molecule has 0 aliphatic rings. The second kappa shape index (κ2) is 6.88. The molecular formula is C10H16ClF2N3O. The van der Waals surface area contributed by atoms with Crippen LogP contribution in [0.5, 0.6) is 0 Å². The molecule has 1 heterocycles. The molecule has 0 saturated carbocycles. The molecule has 7 heteroatoms. The van der Waals surface area contributed by atoms with Gasteiger partial charge in [0.15, 0.2) is 0 Å². The molecule has 1 atom stereocenters. The topological polar surface area (TPSA) is 53.1 Å². The highest BCUT2D eigenvalue weighted by Gasteiger charge is 2.16. The molecule has 0 aromatic carbocycles. The Hall–Kier alpha value is -0.720. The summed E-state index contributed by atoms with van der Waals surface area (Å²) >= 11 is 5.96. The molecule has 0 radical (unpaired) electrons. The first-order valence-corrected chi connectivity index (χ1v) is 5.76. The Morgan fingerprint density at radius 3 is 2.88 bits per heavy atom. The van der Waals surface area contributed by atoms with Gasteiger partial charge in [0.2, 0.25) is 0 Å². The summed E-state index contributed by atoms with van der Waals surface area (Å²) in [6.07, 6.45) is -0.491. The van der Waals surface area contributed by atoms with Gasteiger partial charge in [0.25, 0.3) is 6.43 Å². The fourth-order valence-corrected chi connectivity index (χ4v) is 1.79. The van der Waals surface area contributed by atoms with Crippen molar-refractivity contribution >= 4 is 11.6 Å². The van der Waals surface area contributed by atoms with E-state index in [1.54, 1.807) is 4.68 Å². The van der Waals surface area contributed by atoms with Gasteiger partial charge in [-0.2, -0.15) is 5.10 Å². The summed E-state index contributed by atoms with van der Waals surface area (Å²) in [5, 5.41) is 4.55. The summed E-state index contributed by atoms with van der Waals surface area (Å²) in [5.74, 6) is 0. The van der Waals surface area contributed by atoms with Crippen LogP contribution < -0.4 is 5.73 Å². The van der Waals surface area contributed by atoms with Crippen molar-refractivity contribution in [2.75, 3.05) is 13.2 Å². The van der Waals surface area contributed by atoms with Gasteiger partial charge < -0.3 is 10.5 Å². The molecule has 1 rings (SSSR count). The summed E-state index contributed by atoms with van der Waals surface area (Å²) in [4.78, 5) is 0. The number of nitrogens with two attached hydrogens (primary N) is 1. The molecule has 0 saturated heterocycles. The SMILES string of the molecule is CCn1ncc(Cl)c1C(N)CCOCC(F)F. The maximum Gasteiger partial charge on any atom is 0.261 e. The number of aryl methyl sites for hydroxylation is 1. The number of aromatic nitrogens is 2. The van der Waals surface area contributed by atoms with Gasteiger partial charge in [-0.3, -0.25) is 4.68 Å². The molecular weight excluding hydrogens is 252 g/mol. The van der Waals surface area contributed by atoms with Crippen LogP contribution in [0.15, 0.2) is 6.20 Å². The maximum atomic E-state index is 11.8. The second-order valence-electron chi connectivity index (χ2n) is 3.55. The molecule has 0 spiro atoms. The number of hydrogen-bond acceptors (Lipinski definition) is 3. The largest absolute Gasteiger partial charge is 0.375 e. The predicted molar refractivity (Wildman–Crippen MR) is 61.3 cm³/mol. The van der Waals surface area contributed by atoms with Gasteiger partial charge in [0.1, 0.15) is 6.61 Å². The Labute approximate surface area is 104 Å². The van der Waals surface area contributed by atoms with Gasteiger partial charge in [-0.25, -0.2) is 8.78 Å². The summed E-state index contributed by atoms with van der Waals surface area (Å²) in [5.41, 5.74) is 6.64. The fraction of sp³-hybridized carbons (Fsp3) is 0.700. The molecule has 98 valence electrons. The standard InChI is InChI=1S/C10H16ClF2N3O/c1-2-16-10(7(11)5-15-16)8(14)3-4-17-6-9(12)13/h5,8-9H,2-4,6,14H2,1H3. The van der Waals surface area contributed by atoms with Crippen LogP contribution >= 0.6 is 11.6 Å². The van der Waals surface area contributed by atoms with E-state index in [2.05, 4.69) is 5.10 Å². The molecule has 0 aliphatic carbocycles. The average Bonchev–Trinajstić information content (AvgIpc) is 2.65. The number of hydrogen-bond donors (Lipinski definition) is 1. The molecule has 4 nitrogen and oxygen atoms in total. The lowest BCUT2D eigenvalue weighted by atomic mass is 10.1. The quantitative estimate of drug-likeness (QED) is 0.771. The molecule has 1 aromatic rings. The Morgan fingerprint density at radius 2 is 2.29 bits per heavy atom. The first kappa shape index (κ1) is 14.3. The van der Waals surface area contributed by atoms with Crippen molar-refractivity contribution in [2.24, 2.45) is 5.73 Å². The van der Waals surface area contributed by atoms with Crippen LogP contribution in [0.25, 0.3) is 0 Å². The molecule has 0 fully saturated rings. The van der Waals surface area contributed by atoms with E-state index in [1.807, 2.05) is 6.92 Å². The smallest absolute Gasteiger partial charge is 0.261 e. The zero-order valence-corrected chi connectivity index (χ0v) is 10.3. The number of ether oxygens (including phenoxy) is 1. The summed E-state index contributed by atoms with van der Waals surface area (Å²) in [6, 6.07) is -0.359. The zero-order valence-electron chi connectivity index (χ0n) is 9.57. The fourth-order valence-electron chi connectivity index (χ4n) is 1.51. The molecule has 1 aromatic heterocycles. The molecule has 1 unspecified atom stereocenters. The van der Waals surface area contributed by atoms with Gasteiger partial charge in [-0.15, -0.1) is 0 Å². The van der Waals surface area contributed by atoms with Crippen LogP contribution in [0.3, 0.4) is 0 Å². The van der Waals surface area contributed by atoms with E-state index in [1.165, 1.54) is 6.20 Å². The zero-order chi connectivity index (χ0) is 12.8. The minimum Gasteiger partial charge on any atom is -0.375 e. The number of nitrogens with zero attached hydrogens (tertiary/aromatic N) is 2. The maximum absolute atomic E-state index is 11.8. The highest BCUT2D eigenvalue weighted by atomic mass is 35.5. The number of alkyl halides is 2. The molecule has 2 N–H and O–H groups in total. The van der Waals surface area contributed by atoms with Gasteiger partial charge in [0.05, 0.1) is 23.0 Å². The number of halogens is 3. The van der Waals surface area contributed by atoms with Crippen molar-refractivity contribution in [3.8, 4) is 0 Å². The van der Waals surface area contributed by atoms with E-state index in [-0.39, 0.29) is 12.6 Å². The monoisotopic (exact) mass is 267 g/mol. The van der Waals surface area contributed by atoms with E-state index in [0.29, 0.717) is 18.0 Å². The third-order valence-electron chi connectivity index (χ3n) is 2.30. The number of rotatable bonds is 7. The highest BCUT2D eigenvalue weighted by Crippen LogP contribution is 2.23. The van der Waals surface area contributed by atoms with Gasteiger partial charge in [-0.1, -0.05) is 11.6 Å². The Morgan fingerprint density at radius 1 is 1.59 bits per heavy atom. The Kier molecular flexibility index (Phi) is 5.80. The van der Waals surface area contributed by atoms with Crippen LogP contribution in [-0.2, 0) is 11.3 Å². The first-order chi connectivity index (χ1) is 8.06. The Balaban J connectivity index is 2.46. The average molecular weight is 268 g/mol. The van der Waals surface area contributed by atoms with Crippen molar-refractivity contribution in [1.82, 2.24) is 9.78 Å². The van der Waals surface area contributed by atoms with Crippen molar-refractivity contribution in [1.29, 1.82) is 0 Å². The summed E-state index contributed by atoms with van der Waals surface area (Å²) in [7, 11) is 0. The van der Waals surface area contributed by atoms with Gasteiger partial charge in [0, 0.05) is 13.2 Å². The van der Waals surface area contributed by atoms with E-state index in [0.717, 1.165) is 5.69 Å². The highest BCUT2D eigenvalue weighted by molar-refractivity contribution is 6.31. The van der Waals surface area contributed by atoms with Crippen LogP contribution in [0.1, 0.15) is 25.1 Å². The predicted octanol–water partition coefficient (Wildman–Crippen LogP) is 2.23. The molecule has 0 amide bonds. The van der Waals surface area contributed by atoms with Crippen molar-refractivity contribution < 1.29 is 13.5 Å². The van der Waals surface area contributed by atoms with Crippen molar-refractivity contribution in [2.45, 2.75) is 32.4 Å². The van der Waals surface area contributed by atoms with Crippen LogP contribution in [0.2, 0.25) is 5.02 Å². The third-order valence-corrected chi connectivity index (χ3v) is 2.59. The van der Waals surface area contributed by atoms with Crippen LogP contribution in [0, 0.1) is 0 Å². The van der Waals surface area contributed by atoms with E-state index in [9.17, 15) is 8.78 Å². The minimum atomic E-state index is -2.45. The van der Waals surface area contributed by atoms with Crippen LogP contribution in [-0.4, -0.2) is 29.4 Å². The van der Waals surface area contributed by atoms with E-state index >= 15 is 0 Å². The van der Waals surface area contributed by atoms with E-state index < -0.39 is 13.0 Å². The molecule has 0 bridgehead atoms. The minimum absolute atomic E-state index is 0.177. The van der Waals surface area contributed by atoms with Crippen molar-refractivity contribution in [3.63, 3.8) is 0 Å². The second-order valence-corrected chi connectivity index (χ2v) is 3.96. The third kappa shape index (κ3) is 4.22. The lowest BCUT2D eigenvalue weighted by molar-refractivity contribution is 0.0150. The Bertz CT molecular complexity index is 346. The lowest BCUT2D eigenvalue weighted by Crippen LogP contribution is -2.19. The first-order valence-electron chi connectivity index (χ1n) is 5.39.